The van der Waals surface area contributed by atoms with Gasteiger partial charge in [0.05, 0.1) is 16.8 Å². The number of fused-ring (bicyclic) bond motifs is 1. The molecule has 1 aliphatic rings. The smallest absolute Gasteiger partial charge is 0.152 e. The normalized spacial score (nSPS) is 18.4. The molecule has 5 heteroatoms. The van der Waals surface area contributed by atoms with E-state index in [4.69, 9.17) is 11.6 Å². The second-order valence-corrected chi connectivity index (χ2v) is 6.15. The van der Waals surface area contributed by atoms with Crippen molar-refractivity contribution >= 4 is 22.9 Å². The first-order chi connectivity index (χ1) is 9.20. The zero-order valence-corrected chi connectivity index (χ0v) is 12.1. The summed E-state index contributed by atoms with van der Waals surface area (Å²) in [6.07, 6.45) is 3.27. The van der Waals surface area contributed by atoms with E-state index in [9.17, 15) is 4.39 Å². The first-order valence-corrected chi connectivity index (χ1v) is 7.51. The summed E-state index contributed by atoms with van der Waals surface area (Å²) in [7, 11) is 1.94. The fraction of sp³-hybridized carbons (Fsp3) is 0.357. The lowest BCUT2D eigenvalue weighted by molar-refractivity contribution is 0.490. The maximum Gasteiger partial charge on any atom is 0.152 e. The van der Waals surface area contributed by atoms with Crippen LogP contribution in [0.25, 0.3) is 10.6 Å². The van der Waals surface area contributed by atoms with Gasteiger partial charge in [-0.25, -0.2) is 9.37 Å². The average Bonchev–Trinajstić information content (AvgIpc) is 2.85. The monoisotopic (exact) mass is 296 g/mol. The predicted octanol–water partition coefficient (Wildman–Crippen LogP) is 4.20. The van der Waals surface area contributed by atoms with Crippen LogP contribution < -0.4 is 5.32 Å². The molecule has 0 saturated heterocycles. The number of nitrogens with zero attached hydrogens (tertiary/aromatic N) is 1. The van der Waals surface area contributed by atoms with Crippen molar-refractivity contribution in [3.63, 3.8) is 0 Å². The van der Waals surface area contributed by atoms with Gasteiger partial charge in [-0.2, -0.15) is 0 Å². The predicted molar refractivity (Wildman–Crippen MR) is 77.3 cm³/mol. The standard InChI is InChI=1S/C14H14ClFN2S/c1-17-10-6-3-7-11-13(10)18-14(19-11)8-4-2-5-9(15)12(8)16/h2,4-5,10,17H,3,6-7H2,1H3. The molecule has 2 aromatic rings. The Morgan fingerprint density at radius 3 is 3.11 bits per heavy atom. The Kier molecular flexibility index (Phi) is 3.56. The molecule has 1 atom stereocenters. The van der Waals surface area contributed by atoms with Crippen LogP contribution in [0.5, 0.6) is 0 Å². The molecule has 0 saturated carbocycles. The van der Waals surface area contributed by atoms with Gasteiger partial charge in [0.15, 0.2) is 5.82 Å². The summed E-state index contributed by atoms with van der Waals surface area (Å²) in [6.45, 7) is 0. The fourth-order valence-electron chi connectivity index (χ4n) is 2.48. The van der Waals surface area contributed by atoms with E-state index in [2.05, 4.69) is 10.3 Å². The number of halogens is 2. The summed E-state index contributed by atoms with van der Waals surface area (Å²) < 4.78 is 14.0. The average molecular weight is 297 g/mol. The second kappa shape index (κ2) is 5.19. The van der Waals surface area contributed by atoms with Crippen molar-refractivity contribution in [1.29, 1.82) is 0 Å². The van der Waals surface area contributed by atoms with Crippen molar-refractivity contribution in [3.8, 4) is 10.6 Å². The van der Waals surface area contributed by atoms with Crippen LogP contribution in [0.4, 0.5) is 4.39 Å². The molecule has 1 aromatic carbocycles. The molecule has 2 nitrogen and oxygen atoms in total. The highest BCUT2D eigenvalue weighted by atomic mass is 35.5. The lowest BCUT2D eigenvalue weighted by atomic mass is 9.98. The van der Waals surface area contributed by atoms with Crippen molar-refractivity contribution in [2.24, 2.45) is 0 Å². The summed E-state index contributed by atoms with van der Waals surface area (Å²) in [4.78, 5) is 5.90. The first kappa shape index (κ1) is 13.0. The maximum absolute atomic E-state index is 14.0. The van der Waals surface area contributed by atoms with Crippen LogP contribution in [0, 0.1) is 5.82 Å². The Labute approximate surface area is 120 Å². The van der Waals surface area contributed by atoms with E-state index in [0.29, 0.717) is 5.56 Å². The highest BCUT2D eigenvalue weighted by Crippen LogP contribution is 2.38. The van der Waals surface area contributed by atoms with Gasteiger partial charge in [-0.3, -0.25) is 0 Å². The van der Waals surface area contributed by atoms with Crippen LogP contribution >= 0.6 is 22.9 Å². The Bertz CT molecular complexity index is 611. The zero-order chi connectivity index (χ0) is 13.4. The van der Waals surface area contributed by atoms with Gasteiger partial charge >= 0.3 is 0 Å². The fourth-order valence-corrected chi connectivity index (χ4v) is 3.84. The summed E-state index contributed by atoms with van der Waals surface area (Å²) in [6, 6.07) is 5.34. The van der Waals surface area contributed by atoms with Crippen molar-refractivity contribution in [3.05, 3.63) is 39.6 Å². The van der Waals surface area contributed by atoms with E-state index < -0.39 is 0 Å². The minimum Gasteiger partial charge on any atom is -0.312 e. The zero-order valence-electron chi connectivity index (χ0n) is 10.5. The SMILES string of the molecule is CNC1CCCc2sc(-c3cccc(Cl)c3F)nc21. The molecular weight excluding hydrogens is 283 g/mol. The molecule has 100 valence electrons. The minimum atomic E-state index is -0.378. The van der Waals surface area contributed by atoms with E-state index in [0.717, 1.165) is 30.0 Å². The molecule has 0 aliphatic heterocycles. The lowest BCUT2D eigenvalue weighted by Crippen LogP contribution is -2.21. The van der Waals surface area contributed by atoms with Gasteiger partial charge in [-0.15, -0.1) is 11.3 Å². The molecule has 3 rings (SSSR count). The number of aryl methyl sites for hydroxylation is 1. The van der Waals surface area contributed by atoms with Gasteiger partial charge < -0.3 is 5.32 Å². The van der Waals surface area contributed by atoms with Gasteiger partial charge in [0.1, 0.15) is 5.01 Å². The van der Waals surface area contributed by atoms with E-state index in [1.54, 1.807) is 29.5 Å². The third-order valence-electron chi connectivity index (χ3n) is 3.48. The van der Waals surface area contributed by atoms with Gasteiger partial charge in [-0.05, 0) is 38.4 Å². The van der Waals surface area contributed by atoms with E-state index in [1.807, 2.05) is 7.05 Å². The largest absolute Gasteiger partial charge is 0.312 e. The van der Waals surface area contributed by atoms with Crippen LogP contribution in [0.1, 0.15) is 29.5 Å². The van der Waals surface area contributed by atoms with Crippen LogP contribution in [0.15, 0.2) is 18.2 Å². The number of rotatable bonds is 2. The van der Waals surface area contributed by atoms with Crippen molar-refractivity contribution in [2.75, 3.05) is 7.05 Å². The van der Waals surface area contributed by atoms with Gasteiger partial charge in [-0.1, -0.05) is 17.7 Å². The van der Waals surface area contributed by atoms with Crippen molar-refractivity contribution in [2.45, 2.75) is 25.3 Å². The highest BCUT2D eigenvalue weighted by Gasteiger charge is 2.24. The van der Waals surface area contributed by atoms with Gasteiger partial charge in [0.2, 0.25) is 0 Å². The molecule has 1 aliphatic carbocycles. The topological polar surface area (TPSA) is 24.9 Å². The first-order valence-electron chi connectivity index (χ1n) is 6.32. The molecule has 1 unspecified atom stereocenters. The quantitative estimate of drug-likeness (QED) is 0.898. The van der Waals surface area contributed by atoms with Gasteiger partial charge in [0, 0.05) is 10.4 Å². The number of nitrogens with one attached hydrogen (secondary N) is 1. The van der Waals surface area contributed by atoms with Crippen LogP contribution in [-0.4, -0.2) is 12.0 Å². The van der Waals surface area contributed by atoms with Crippen LogP contribution in [-0.2, 0) is 6.42 Å². The van der Waals surface area contributed by atoms with Gasteiger partial charge in [0.25, 0.3) is 0 Å². The van der Waals surface area contributed by atoms with E-state index in [1.165, 1.54) is 4.88 Å². The van der Waals surface area contributed by atoms with Crippen LogP contribution in [0.3, 0.4) is 0 Å². The lowest BCUT2D eigenvalue weighted by Gasteiger charge is -2.19. The third kappa shape index (κ3) is 2.29. The molecule has 1 heterocycles. The summed E-state index contributed by atoms with van der Waals surface area (Å²) in [5.74, 6) is -0.378. The second-order valence-electron chi connectivity index (χ2n) is 4.66. The molecule has 1 aromatic heterocycles. The summed E-state index contributed by atoms with van der Waals surface area (Å²) >= 11 is 7.42. The van der Waals surface area contributed by atoms with Crippen molar-refractivity contribution in [1.82, 2.24) is 10.3 Å². The summed E-state index contributed by atoms with van der Waals surface area (Å²) in [5, 5.41) is 4.15. The Morgan fingerprint density at radius 1 is 1.47 bits per heavy atom. The molecule has 0 bridgehead atoms. The molecule has 1 N–H and O–H groups in total. The number of hydrogen-bond donors (Lipinski definition) is 1. The van der Waals surface area contributed by atoms with E-state index in [-0.39, 0.29) is 16.9 Å². The molecule has 0 spiro atoms. The Hall–Kier alpha value is -0.970. The number of aromatic nitrogens is 1. The molecule has 0 radical (unpaired) electrons. The van der Waals surface area contributed by atoms with Crippen molar-refractivity contribution < 1.29 is 4.39 Å². The Balaban J connectivity index is 2.07. The number of benzene rings is 1. The molecule has 0 amide bonds. The minimum absolute atomic E-state index is 0.149. The Morgan fingerprint density at radius 2 is 2.32 bits per heavy atom. The molecule has 19 heavy (non-hydrogen) atoms. The third-order valence-corrected chi connectivity index (χ3v) is 4.94. The number of thiazole rings is 1. The van der Waals surface area contributed by atoms with E-state index >= 15 is 0 Å². The molecule has 0 fully saturated rings. The molecular formula is C14H14ClFN2S. The highest BCUT2D eigenvalue weighted by molar-refractivity contribution is 7.15. The summed E-state index contributed by atoms with van der Waals surface area (Å²) in [5.41, 5.74) is 1.58. The maximum atomic E-state index is 14.0. The van der Waals surface area contributed by atoms with Crippen LogP contribution in [0.2, 0.25) is 5.02 Å². The number of hydrogen-bond acceptors (Lipinski definition) is 3.